The Balaban J connectivity index is 0.943. The first kappa shape index (κ1) is 36.5. The predicted octanol–water partition coefficient (Wildman–Crippen LogP) is 16.9. The van der Waals surface area contributed by atoms with Crippen LogP contribution in [0.3, 0.4) is 0 Å². The van der Waals surface area contributed by atoms with Gasteiger partial charge in [-0.3, -0.25) is 0 Å². The van der Waals surface area contributed by atoms with Crippen LogP contribution in [0.25, 0.3) is 93.6 Å². The first-order valence-corrected chi connectivity index (χ1v) is 22.2. The zero-order valence-corrected chi connectivity index (χ0v) is 35.6. The van der Waals surface area contributed by atoms with E-state index in [9.17, 15) is 0 Å². The molecule has 0 atom stereocenters. The maximum absolute atomic E-state index is 6.35. The Morgan fingerprint density at radius 3 is 1.98 bits per heavy atom. The molecule has 0 N–H and O–H groups in total. The van der Waals surface area contributed by atoms with E-state index < -0.39 is 0 Å². The van der Waals surface area contributed by atoms with E-state index in [-0.39, 0.29) is 5.41 Å². The number of fused-ring (bicyclic) bond motifs is 10. The Morgan fingerprint density at radius 1 is 0.391 bits per heavy atom. The van der Waals surface area contributed by atoms with Gasteiger partial charge < -0.3 is 13.9 Å². The third-order valence-electron chi connectivity index (χ3n) is 13.8. The number of anilines is 3. The molecule has 0 saturated carbocycles. The topological polar surface area (TPSA) is 21.3 Å². The second-order valence-electron chi connectivity index (χ2n) is 17.7. The number of benzene rings is 10. The zero-order valence-electron chi connectivity index (χ0n) is 35.6. The number of para-hydroxylation sites is 3. The monoisotopic (exact) mass is 818 g/mol. The highest BCUT2D eigenvalue weighted by Crippen LogP contribution is 2.51. The summed E-state index contributed by atoms with van der Waals surface area (Å²) in [5, 5.41) is 7.14. The number of hydrogen-bond acceptors (Lipinski definition) is 2. The molecule has 0 amide bonds. The molecule has 0 bridgehead atoms. The normalized spacial score (nSPS) is 13.0. The molecule has 10 aromatic carbocycles. The van der Waals surface area contributed by atoms with Gasteiger partial charge in [0.05, 0.1) is 16.7 Å². The summed E-state index contributed by atoms with van der Waals surface area (Å²) in [5.41, 5.74) is 18.5. The van der Waals surface area contributed by atoms with E-state index in [1.807, 2.05) is 12.1 Å². The molecule has 3 nitrogen and oxygen atoms in total. The average Bonchev–Trinajstić information content (AvgIpc) is 3.96. The van der Waals surface area contributed by atoms with E-state index in [2.05, 4.69) is 230 Å². The summed E-state index contributed by atoms with van der Waals surface area (Å²) < 4.78 is 8.72. The molecule has 12 aromatic rings. The quantitative estimate of drug-likeness (QED) is 0.167. The smallest absolute Gasteiger partial charge is 0.137 e. The maximum Gasteiger partial charge on any atom is 0.137 e. The molecular formula is C61H42N2O. The third-order valence-corrected chi connectivity index (χ3v) is 13.8. The Morgan fingerprint density at radius 2 is 1.06 bits per heavy atom. The summed E-state index contributed by atoms with van der Waals surface area (Å²) in [4.78, 5) is 2.45. The van der Waals surface area contributed by atoms with Gasteiger partial charge in [0.1, 0.15) is 11.2 Å². The lowest BCUT2D eigenvalue weighted by molar-refractivity contribution is 0.660. The van der Waals surface area contributed by atoms with Gasteiger partial charge in [-0.2, -0.15) is 0 Å². The van der Waals surface area contributed by atoms with E-state index in [0.717, 1.165) is 61.3 Å². The fraction of sp³-hybridized carbons (Fsp3) is 0.0492. The fourth-order valence-corrected chi connectivity index (χ4v) is 10.7. The molecule has 1 aliphatic rings. The van der Waals surface area contributed by atoms with Crippen LogP contribution in [0.4, 0.5) is 17.1 Å². The molecule has 0 unspecified atom stereocenters. The van der Waals surface area contributed by atoms with Crippen LogP contribution in [-0.2, 0) is 5.41 Å². The van der Waals surface area contributed by atoms with Gasteiger partial charge in [-0.15, -0.1) is 0 Å². The summed E-state index contributed by atoms with van der Waals surface area (Å²) in [6.07, 6.45) is 0. The molecular weight excluding hydrogens is 777 g/mol. The van der Waals surface area contributed by atoms with Crippen molar-refractivity contribution in [3.63, 3.8) is 0 Å². The lowest BCUT2D eigenvalue weighted by atomic mass is 9.82. The van der Waals surface area contributed by atoms with Gasteiger partial charge in [0.15, 0.2) is 0 Å². The minimum atomic E-state index is -0.0712. The molecule has 302 valence electrons. The Labute approximate surface area is 371 Å². The van der Waals surface area contributed by atoms with Gasteiger partial charge in [0.2, 0.25) is 0 Å². The maximum atomic E-state index is 6.35. The molecule has 13 rings (SSSR count). The van der Waals surface area contributed by atoms with Crippen LogP contribution < -0.4 is 4.90 Å². The van der Waals surface area contributed by atoms with E-state index in [1.54, 1.807) is 0 Å². The summed E-state index contributed by atoms with van der Waals surface area (Å²) in [5.74, 6) is 0. The lowest BCUT2D eigenvalue weighted by Gasteiger charge is -2.29. The van der Waals surface area contributed by atoms with Gasteiger partial charge in [-0.05, 0) is 123 Å². The average molecular weight is 819 g/mol. The lowest BCUT2D eigenvalue weighted by Crippen LogP contribution is -2.15. The Bertz CT molecular complexity index is 3840. The number of hydrogen-bond donors (Lipinski definition) is 0. The van der Waals surface area contributed by atoms with Crippen molar-refractivity contribution in [2.24, 2.45) is 0 Å². The second-order valence-corrected chi connectivity index (χ2v) is 17.7. The number of nitrogens with zero attached hydrogens (tertiary/aromatic N) is 2. The third kappa shape index (κ3) is 5.54. The second kappa shape index (κ2) is 13.9. The minimum absolute atomic E-state index is 0.0712. The highest BCUT2D eigenvalue weighted by atomic mass is 16.3. The van der Waals surface area contributed by atoms with Crippen LogP contribution in [-0.4, -0.2) is 4.57 Å². The largest absolute Gasteiger partial charge is 0.456 e. The molecule has 0 radical (unpaired) electrons. The SMILES string of the molecule is CC1(C)c2ccccc2-c2cc(N(c3ccc4ccccc4c3)c3ccccc3-c3cccc(-c4ccc5c(c4)c4ccccc4n5-c4ccc5c(c4)oc4ccccc45)c3)ccc21. The standard InChI is InChI=1S/C61H42N2O/c1-61(2)54-22-9-5-19-48(54)52-37-45(30-32-55(52)61)62(44-28-26-39-14-3-4-15-41(39)35-44)56-23-10-6-18-47(56)43-17-13-16-40(34-43)42-27-33-58-53(36-42)49-20-7-11-24-57(49)63(58)46-29-31-51-50-21-8-12-25-59(50)64-60(51)38-46/h3-38H,1-2H3. The number of rotatable bonds is 6. The van der Waals surface area contributed by atoms with Crippen LogP contribution in [0, 0.1) is 0 Å². The predicted molar refractivity (Wildman–Crippen MR) is 269 cm³/mol. The summed E-state index contributed by atoms with van der Waals surface area (Å²) in [6, 6.07) is 79.9. The van der Waals surface area contributed by atoms with Crippen molar-refractivity contribution in [3.05, 3.63) is 230 Å². The van der Waals surface area contributed by atoms with Crippen molar-refractivity contribution >= 4 is 71.6 Å². The summed E-state index contributed by atoms with van der Waals surface area (Å²) >= 11 is 0. The molecule has 2 aromatic heterocycles. The van der Waals surface area contributed by atoms with Crippen LogP contribution in [0.1, 0.15) is 25.0 Å². The molecule has 2 heterocycles. The first-order valence-electron chi connectivity index (χ1n) is 22.2. The van der Waals surface area contributed by atoms with E-state index in [4.69, 9.17) is 4.42 Å². The highest BCUT2D eigenvalue weighted by molar-refractivity contribution is 6.11. The van der Waals surface area contributed by atoms with Crippen molar-refractivity contribution in [2.45, 2.75) is 19.3 Å². The Hall–Kier alpha value is -8.14. The van der Waals surface area contributed by atoms with Gasteiger partial charge in [-0.25, -0.2) is 0 Å². The van der Waals surface area contributed by atoms with Crippen molar-refractivity contribution in [1.29, 1.82) is 0 Å². The van der Waals surface area contributed by atoms with Crippen LogP contribution >= 0.6 is 0 Å². The van der Waals surface area contributed by atoms with Crippen molar-refractivity contribution in [1.82, 2.24) is 4.57 Å². The van der Waals surface area contributed by atoms with Crippen LogP contribution in [0.15, 0.2) is 223 Å². The van der Waals surface area contributed by atoms with Gasteiger partial charge in [-0.1, -0.05) is 153 Å². The van der Waals surface area contributed by atoms with Crippen LogP contribution in [0.5, 0.6) is 0 Å². The molecule has 0 spiro atoms. The van der Waals surface area contributed by atoms with E-state index in [0.29, 0.717) is 0 Å². The molecule has 1 aliphatic carbocycles. The van der Waals surface area contributed by atoms with E-state index in [1.165, 1.54) is 60.4 Å². The van der Waals surface area contributed by atoms with Crippen molar-refractivity contribution < 1.29 is 4.42 Å². The van der Waals surface area contributed by atoms with Gasteiger partial charge >= 0.3 is 0 Å². The molecule has 64 heavy (non-hydrogen) atoms. The molecule has 0 saturated heterocycles. The first-order chi connectivity index (χ1) is 31.5. The van der Waals surface area contributed by atoms with Crippen molar-refractivity contribution in [2.75, 3.05) is 4.90 Å². The number of aromatic nitrogens is 1. The summed E-state index contributed by atoms with van der Waals surface area (Å²) in [7, 11) is 0. The fourth-order valence-electron chi connectivity index (χ4n) is 10.7. The van der Waals surface area contributed by atoms with Gasteiger partial charge in [0.25, 0.3) is 0 Å². The van der Waals surface area contributed by atoms with Crippen molar-refractivity contribution in [3.8, 4) is 39.1 Å². The van der Waals surface area contributed by atoms with Crippen LogP contribution in [0.2, 0.25) is 0 Å². The molecule has 0 fully saturated rings. The molecule has 3 heteroatoms. The summed E-state index contributed by atoms with van der Waals surface area (Å²) in [6.45, 7) is 4.69. The number of furan rings is 1. The van der Waals surface area contributed by atoms with E-state index >= 15 is 0 Å². The minimum Gasteiger partial charge on any atom is -0.456 e. The highest BCUT2D eigenvalue weighted by Gasteiger charge is 2.35. The zero-order chi connectivity index (χ0) is 42.5. The van der Waals surface area contributed by atoms with Gasteiger partial charge in [0, 0.05) is 55.7 Å². The molecule has 0 aliphatic heterocycles. The Kier molecular flexibility index (Phi) is 7.95.